The maximum atomic E-state index is 11.4. The van der Waals surface area contributed by atoms with Crippen LogP contribution in [0.1, 0.15) is 25.8 Å². The Kier molecular flexibility index (Phi) is 7.98. The van der Waals surface area contributed by atoms with Gasteiger partial charge in [-0.25, -0.2) is 4.79 Å². The monoisotopic (exact) mass is 258 g/mol. The highest BCUT2D eigenvalue weighted by molar-refractivity contribution is 5.00. The second-order valence-corrected chi connectivity index (χ2v) is 3.59. The van der Waals surface area contributed by atoms with Crippen LogP contribution in [0.25, 0.3) is 0 Å². The van der Waals surface area contributed by atoms with E-state index in [0.29, 0.717) is 18.5 Å². The summed E-state index contributed by atoms with van der Waals surface area (Å²) in [6.45, 7) is 5.94. The molecule has 18 heavy (non-hydrogen) atoms. The molecule has 0 saturated heterocycles. The molecule has 0 saturated carbocycles. The van der Waals surface area contributed by atoms with Crippen LogP contribution in [-0.2, 0) is 11.3 Å². The zero-order chi connectivity index (χ0) is 14.1. The van der Waals surface area contributed by atoms with Crippen molar-refractivity contribution >= 4 is 0 Å². The molecule has 6 nitrogen and oxygen atoms in total. The molecular weight excluding hydrogens is 236 g/mol. The lowest BCUT2D eigenvalue weighted by Crippen LogP contribution is -2.32. The number of ether oxygens (including phenoxy) is 1. The van der Waals surface area contributed by atoms with Gasteiger partial charge in [-0.3, -0.25) is 9.78 Å². The van der Waals surface area contributed by atoms with E-state index in [1.807, 2.05) is 13.8 Å². The Hall–Kier alpha value is -1.40. The molecule has 0 radical (unpaired) electrons. The minimum atomic E-state index is -0.441. The molecule has 0 bridgehead atoms. The number of aliphatic hydroxyl groups is 1. The highest BCUT2D eigenvalue weighted by Crippen LogP contribution is 1.98. The van der Waals surface area contributed by atoms with Crippen LogP contribution in [0.4, 0.5) is 0 Å². The molecule has 1 rings (SSSR count). The van der Waals surface area contributed by atoms with Crippen LogP contribution in [-0.4, -0.2) is 34.5 Å². The van der Waals surface area contributed by atoms with E-state index >= 15 is 0 Å². The fourth-order valence-electron chi connectivity index (χ4n) is 1.35. The van der Waals surface area contributed by atoms with Gasteiger partial charge in [0.2, 0.25) is 0 Å². The number of rotatable bonds is 5. The smallest absolute Gasteiger partial charge is 0.328 e. The highest BCUT2D eigenvalue weighted by atomic mass is 16.5. The average molecular weight is 258 g/mol. The molecule has 1 heterocycles. The van der Waals surface area contributed by atoms with E-state index in [2.05, 4.69) is 4.98 Å². The summed E-state index contributed by atoms with van der Waals surface area (Å²) in [4.78, 5) is 24.7. The average Bonchev–Trinajstić information content (AvgIpc) is 2.39. The van der Waals surface area contributed by atoms with Gasteiger partial charge in [0, 0.05) is 25.4 Å². The topological polar surface area (TPSA) is 84.3 Å². The van der Waals surface area contributed by atoms with Gasteiger partial charge in [0.25, 0.3) is 5.56 Å². The molecule has 0 aliphatic heterocycles. The number of hydrogen-bond donors (Lipinski definition) is 2. The molecule has 0 aliphatic rings. The van der Waals surface area contributed by atoms with E-state index in [1.165, 1.54) is 17.9 Å². The Morgan fingerprint density at radius 1 is 1.44 bits per heavy atom. The molecule has 2 N–H and O–H groups in total. The second-order valence-electron chi connectivity index (χ2n) is 3.59. The van der Waals surface area contributed by atoms with Gasteiger partial charge in [-0.15, -0.1) is 0 Å². The molecule has 0 aliphatic carbocycles. The van der Waals surface area contributed by atoms with Gasteiger partial charge in [0.05, 0.1) is 12.7 Å². The zero-order valence-electron chi connectivity index (χ0n) is 11.4. The van der Waals surface area contributed by atoms with Crippen molar-refractivity contribution in [2.24, 2.45) is 0 Å². The molecule has 0 fully saturated rings. The first kappa shape index (κ1) is 16.6. The first-order chi connectivity index (χ1) is 8.58. The summed E-state index contributed by atoms with van der Waals surface area (Å²) in [5, 5.41) is 8.90. The van der Waals surface area contributed by atoms with Gasteiger partial charge in [0.15, 0.2) is 0 Å². The Morgan fingerprint density at radius 3 is 2.56 bits per heavy atom. The van der Waals surface area contributed by atoms with Crippen molar-refractivity contribution in [3.63, 3.8) is 0 Å². The van der Waals surface area contributed by atoms with Gasteiger partial charge < -0.3 is 14.4 Å². The van der Waals surface area contributed by atoms with Gasteiger partial charge in [-0.1, -0.05) is 13.8 Å². The standard InChI is InChI=1S/C10H16N2O4.C2H6/c1-7-5-12(10(15)11-9(7)14)4-3-8(6-13)16-2;1-2/h5,8,13H,3-4,6H2,1-2H3,(H,11,14,15);1-2H3. The fraction of sp³-hybridized carbons (Fsp3) is 0.667. The summed E-state index contributed by atoms with van der Waals surface area (Å²) >= 11 is 0. The van der Waals surface area contributed by atoms with E-state index in [9.17, 15) is 9.59 Å². The normalized spacial score (nSPS) is 11.6. The van der Waals surface area contributed by atoms with Crippen molar-refractivity contribution in [3.8, 4) is 0 Å². The number of nitrogens with one attached hydrogen (secondary N) is 1. The molecule has 1 aromatic heterocycles. The van der Waals surface area contributed by atoms with Crippen molar-refractivity contribution in [1.29, 1.82) is 0 Å². The molecule has 6 heteroatoms. The van der Waals surface area contributed by atoms with E-state index in [-0.39, 0.29) is 18.3 Å². The second kappa shape index (κ2) is 8.66. The van der Waals surface area contributed by atoms with E-state index in [1.54, 1.807) is 6.92 Å². The number of hydrogen-bond acceptors (Lipinski definition) is 4. The molecule has 1 atom stereocenters. The maximum absolute atomic E-state index is 11.4. The fourth-order valence-corrected chi connectivity index (χ4v) is 1.35. The molecule has 104 valence electrons. The van der Waals surface area contributed by atoms with E-state index in [0.717, 1.165) is 0 Å². The lowest BCUT2D eigenvalue weighted by molar-refractivity contribution is 0.0401. The quantitative estimate of drug-likeness (QED) is 0.794. The van der Waals surface area contributed by atoms with E-state index in [4.69, 9.17) is 9.84 Å². The third-order valence-electron chi connectivity index (χ3n) is 2.42. The van der Waals surface area contributed by atoms with Crippen LogP contribution in [0.5, 0.6) is 0 Å². The summed E-state index contributed by atoms with van der Waals surface area (Å²) in [7, 11) is 1.50. The maximum Gasteiger partial charge on any atom is 0.328 e. The van der Waals surface area contributed by atoms with Crippen molar-refractivity contribution in [1.82, 2.24) is 9.55 Å². The van der Waals surface area contributed by atoms with Crippen LogP contribution < -0.4 is 11.2 Å². The summed E-state index contributed by atoms with van der Waals surface area (Å²) in [6, 6.07) is 0. The van der Waals surface area contributed by atoms with Gasteiger partial charge in [0.1, 0.15) is 0 Å². The lowest BCUT2D eigenvalue weighted by atomic mass is 10.2. The van der Waals surface area contributed by atoms with Gasteiger partial charge in [-0.2, -0.15) is 0 Å². The zero-order valence-corrected chi connectivity index (χ0v) is 11.4. The minimum Gasteiger partial charge on any atom is -0.394 e. The van der Waals surface area contributed by atoms with Crippen molar-refractivity contribution in [2.75, 3.05) is 13.7 Å². The van der Waals surface area contributed by atoms with Crippen molar-refractivity contribution in [3.05, 3.63) is 32.6 Å². The minimum absolute atomic E-state index is 0.0897. The van der Waals surface area contributed by atoms with Gasteiger partial charge in [-0.05, 0) is 13.3 Å². The van der Waals surface area contributed by atoms with Crippen LogP contribution in [0.3, 0.4) is 0 Å². The summed E-state index contributed by atoms with van der Waals surface area (Å²) < 4.78 is 6.38. The molecule has 0 spiro atoms. The van der Waals surface area contributed by atoms with Gasteiger partial charge >= 0.3 is 5.69 Å². The van der Waals surface area contributed by atoms with Crippen LogP contribution in [0, 0.1) is 6.92 Å². The molecular formula is C12H22N2O4. The Balaban J connectivity index is 0.00000137. The number of aryl methyl sites for hydroxylation is 2. The number of H-pyrrole nitrogens is 1. The Bertz CT molecular complexity index is 446. The van der Waals surface area contributed by atoms with Crippen LogP contribution in [0.2, 0.25) is 0 Å². The SMILES string of the molecule is CC.COC(CO)CCn1cc(C)c(=O)[nH]c1=O. The Morgan fingerprint density at radius 2 is 2.06 bits per heavy atom. The molecule has 0 aromatic carbocycles. The number of aliphatic hydroxyl groups excluding tert-OH is 1. The third kappa shape index (κ3) is 4.85. The number of methoxy groups -OCH3 is 1. The van der Waals surface area contributed by atoms with Crippen LogP contribution >= 0.6 is 0 Å². The molecule has 0 amide bonds. The number of nitrogens with zero attached hydrogens (tertiary/aromatic N) is 1. The Labute approximate surface area is 106 Å². The van der Waals surface area contributed by atoms with Crippen LogP contribution in [0.15, 0.2) is 15.8 Å². The van der Waals surface area contributed by atoms with Crippen molar-refractivity contribution in [2.45, 2.75) is 39.8 Å². The summed E-state index contributed by atoms with van der Waals surface area (Å²) in [5.41, 5.74) is -0.326. The highest BCUT2D eigenvalue weighted by Gasteiger charge is 2.07. The first-order valence-electron chi connectivity index (χ1n) is 6.02. The number of aromatic amines is 1. The first-order valence-corrected chi connectivity index (χ1v) is 6.02. The summed E-state index contributed by atoms with van der Waals surface area (Å²) in [6.07, 6.45) is 1.73. The predicted molar refractivity (Wildman–Crippen MR) is 69.9 cm³/mol. The predicted octanol–water partition coefficient (Wildman–Crippen LogP) is 0.269. The molecule has 1 unspecified atom stereocenters. The number of aromatic nitrogens is 2. The van der Waals surface area contributed by atoms with E-state index < -0.39 is 5.69 Å². The largest absolute Gasteiger partial charge is 0.394 e. The van der Waals surface area contributed by atoms with Crippen molar-refractivity contribution < 1.29 is 9.84 Å². The lowest BCUT2D eigenvalue weighted by Gasteiger charge is -2.12. The molecule has 1 aromatic rings. The summed E-state index contributed by atoms with van der Waals surface area (Å²) in [5.74, 6) is 0. The third-order valence-corrected chi connectivity index (χ3v) is 2.42.